The molecule has 0 radical (unpaired) electrons. The van der Waals surface area contributed by atoms with Gasteiger partial charge in [-0.2, -0.15) is 4.31 Å². The molecule has 1 fully saturated rings. The van der Waals surface area contributed by atoms with E-state index in [4.69, 9.17) is 20.8 Å². The fraction of sp³-hybridized carbons (Fsp3) is 0.389. The first kappa shape index (κ1) is 19.7. The van der Waals surface area contributed by atoms with Crippen LogP contribution >= 0.6 is 11.6 Å². The maximum atomic E-state index is 13.1. The van der Waals surface area contributed by atoms with Crippen molar-refractivity contribution in [2.45, 2.75) is 17.7 Å². The molecular weight excluding hydrogens is 392 g/mol. The van der Waals surface area contributed by atoms with Gasteiger partial charge in [0.2, 0.25) is 10.0 Å². The number of piperidine rings is 1. The summed E-state index contributed by atoms with van der Waals surface area (Å²) in [4.78, 5) is 12.1. The van der Waals surface area contributed by atoms with E-state index in [1.165, 1.54) is 23.7 Å². The summed E-state index contributed by atoms with van der Waals surface area (Å²) in [6.45, 7) is 1.11. The fourth-order valence-corrected chi connectivity index (χ4v) is 5.11. The van der Waals surface area contributed by atoms with Crippen LogP contribution in [0.15, 0.2) is 45.9 Å². The molecule has 7 nitrogen and oxygen atoms in total. The highest BCUT2D eigenvalue weighted by Crippen LogP contribution is 2.31. The first-order valence-electron chi connectivity index (χ1n) is 8.57. The molecule has 1 N–H and O–H groups in total. The number of ether oxygens (including phenoxy) is 1. The maximum Gasteiger partial charge on any atom is 0.286 e. The second-order valence-electron chi connectivity index (χ2n) is 6.35. The van der Waals surface area contributed by atoms with Gasteiger partial charge in [-0.15, -0.1) is 0 Å². The number of amides is 1. The van der Waals surface area contributed by atoms with Gasteiger partial charge in [-0.05, 0) is 49.1 Å². The molecule has 1 aliphatic rings. The summed E-state index contributed by atoms with van der Waals surface area (Å²) < 4.78 is 37.8. The van der Waals surface area contributed by atoms with E-state index in [2.05, 4.69) is 5.32 Å². The van der Waals surface area contributed by atoms with E-state index in [0.29, 0.717) is 31.1 Å². The summed E-state index contributed by atoms with van der Waals surface area (Å²) >= 11 is 5.99. The largest absolute Gasteiger partial charge is 0.495 e. The van der Waals surface area contributed by atoms with Gasteiger partial charge in [-0.1, -0.05) is 11.6 Å². The van der Waals surface area contributed by atoms with Crippen LogP contribution in [0.1, 0.15) is 23.4 Å². The molecule has 1 aromatic heterocycles. The van der Waals surface area contributed by atoms with Crippen LogP contribution in [0.5, 0.6) is 5.75 Å². The molecule has 0 aliphatic carbocycles. The number of benzene rings is 1. The first-order chi connectivity index (χ1) is 12.9. The molecule has 1 unspecified atom stereocenters. The van der Waals surface area contributed by atoms with Crippen molar-refractivity contribution in [2.75, 3.05) is 26.7 Å². The molecule has 0 bridgehead atoms. The van der Waals surface area contributed by atoms with Crippen LogP contribution in [0.25, 0.3) is 0 Å². The van der Waals surface area contributed by atoms with Crippen molar-refractivity contribution in [3.05, 3.63) is 47.4 Å². The van der Waals surface area contributed by atoms with Gasteiger partial charge < -0.3 is 14.5 Å². The quantitative estimate of drug-likeness (QED) is 0.788. The van der Waals surface area contributed by atoms with Crippen LogP contribution in [-0.2, 0) is 10.0 Å². The Kier molecular flexibility index (Phi) is 6.08. The highest BCUT2D eigenvalue weighted by molar-refractivity contribution is 7.89. The maximum absolute atomic E-state index is 13.1. The minimum absolute atomic E-state index is 0.0117. The van der Waals surface area contributed by atoms with Crippen molar-refractivity contribution in [1.29, 1.82) is 0 Å². The Morgan fingerprint density at radius 1 is 1.41 bits per heavy atom. The van der Waals surface area contributed by atoms with Crippen LogP contribution in [0, 0.1) is 5.92 Å². The van der Waals surface area contributed by atoms with Crippen LogP contribution in [-0.4, -0.2) is 45.4 Å². The zero-order chi connectivity index (χ0) is 19.4. The molecular formula is C18H21ClN2O5S. The van der Waals surface area contributed by atoms with E-state index in [1.54, 1.807) is 24.3 Å². The number of methoxy groups -OCH3 is 1. The topological polar surface area (TPSA) is 88.9 Å². The van der Waals surface area contributed by atoms with Gasteiger partial charge in [0, 0.05) is 24.7 Å². The van der Waals surface area contributed by atoms with Gasteiger partial charge in [0.15, 0.2) is 5.76 Å². The number of sulfonamides is 1. The molecule has 27 heavy (non-hydrogen) atoms. The smallest absolute Gasteiger partial charge is 0.286 e. The van der Waals surface area contributed by atoms with Gasteiger partial charge in [0.05, 0.1) is 13.4 Å². The average molecular weight is 413 g/mol. The SMILES string of the molecule is COc1ccc(Cl)cc1S(=O)(=O)N1CCCC(CNC(=O)c2ccco2)C1. The number of nitrogens with one attached hydrogen (secondary N) is 1. The van der Waals surface area contributed by atoms with E-state index in [-0.39, 0.29) is 28.2 Å². The number of halogens is 1. The number of furan rings is 1. The number of hydrogen-bond donors (Lipinski definition) is 1. The first-order valence-corrected chi connectivity index (χ1v) is 10.4. The number of carbonyl (C=O) groups is 1. The zero-order valence-corrected chi connectivity index (χ0v) is 16.4. The Morgan fingerprint density at radius 2 is 2.22 bits per heavy atom. The summed E-state index contributed by atoms with van der Waals surface area (Å²) in [5, 5.41) is 3.13. The van der Waals surface area contributed by atoms with Crippen molar-refractivity contribution in [1.82, 2.24) is 9.62 Å². The Balaban J connectivity index is 1.70. The van der Waals surface area contributed by atoms with E-state index in [0.717, 1.165) is 6.42 Å². The summed E-state index contributed by atoms with van der Waals surface area (Å²) in [5.41, 5.74) is 0. The summed E-state index contributed by atoms with van der Waals surface area (Å²) in [6.07, 6.45) is 2.97. The molecule has 0 saturated carbocycles. The molecule has 0 spiro atoms. The van der Waals surface area contributed by atoms with Crippen LogP contribution < -0.4 is 10.1 Å². The van der Waals surface area contributed by atoms with Gasteiger partial charge in [0.1, 0.15) is 10.6 Å². The highest BCUT2D eigenvalue weighted by atomic mass is 35.5. The van der Waals surface area contributed by atoms with Gasteiger partial charge in [-0.25, -0.2) is 8.42 Å². The molecule has 3 rings (SSSR count). The minimum atomic E-state index is -3.75. The summed E-state index contributed by atoms with van der Waals surface area (Å²) in [7, 11) is -2.33. The summed E-state index contributed by atoms with van der Waals surface area (Å²) in [5.74, 6) is 0.195. The van der Waals surface area contributed by atoms with E-state index >= 15 is 0 Å². The Bertz CT molecular complexity index is 898. The van der Waals surface area contributed by atoms with Crippen molar-refractivity contribution >= 4 is 27.5 Å². The summed E-state index contributed by atoms with van der Waals surface area (Å²) in [6, 6.07) is 7.75. The third kappa shape index (κ3) is 4.45. The lowest BCUT2D eigenvalue weighted by molar-refractivity contribution is 0.0913. The monoisotopic (exact) mass is 412 g/mol. The number of carbonyl (C=O) groups excluding carboxylic acids is 1. The lowest BCUT2D eigenvalue weighted by atomic mass is 10.00. The van der Waals surface area contributed by atoms with Crippen LogP contribution in [0.2, 0.25) is 5.02 Å². The molecule has 2 aromatic rings. The second-order valence-corrected chi connectivity index (χ2v) is 8.70. The zero-order valence-electron chi connectivity index (χ0n) is 14.9. The number of hydrogen-bond acceptors (Lipinski definition) is 5. The molecule has 1 atom stereocenters. The third-order valence-electron chi connectivity index (χ3n) is 4.52. The normalized spacial score (nSPS) is 18.2. The molecule has 1 aliphatic heterocycles. The fourth-order valence-electron chi connectivity index (χ4n) is 3.13. The van der Waals surface area contributed by atoms with Crippen LogP contribution in [0.4, 0.5) is 0 Å². The Hall–Kier alpha value is -2.03. The molecule has 146 valence electrons. The lowest BCUT2D eigenvalue weighted by Crippen LogP contribution is -2.43. The van der Waals surface area contributed by atoms with Crippen molar-refractivity contribution < 1.29 is 22.4 Å². The highest BCUT2D eigenvalue weighted by Gasteiger charge is 2.32. The van der Waals surface area contributed by atoms with Gasteiger partial charge in [-0.3, -0.25) is 4.79 Å². The molecule has 2 heterocycles. The minimum Gasteiger partial charge on any atom is -0.495 e. The molecule has 1 amide bonds. The van der Waals surface area contributed by atoms with E-state index in [1.807, 2.05) is 0 Å². The Morgan fingerprint density at radius 3 is 2.93 bits per heavy atom. The van der Waals surface area contributed by atoms with Crippen LogP contribution in [0.3, 0.4) is 0 Å². The van der Waals surface area contributed by atoms with Crippen molar-refractivity contribution in [2.24, 2.45) is 5.92 Å². The third-order valence-corrected chi connectivity index (χ3v) is 6.64. The standard InChI is InChI=1S/C18H21ClN2O5S/c1-25-15-7-6-14(19)10-17(15)27(23,24)21-8-2-4-13(12-21)11-20-18(22)16-5-3-9-26-16/h3,5-7,9-10,13H,2,4,8,11-12H2,1H3,(H,20,22). The lowest BCUT2D eigenvalue weighted by Gasteiger charge is -2.32. The van der Waals surface area contributed by atoms with Crippen molar-refractivity contribution in [3.63, 3.8) is 0 Å². The molecule has 1 aromatic carbocycles. The second kappa shape index (κ2) is 8.33. The van der Waals surface area contributed by atoms with E-state index < -0.39 is 10.0 Å². The predicted molar refractivity (Wildman–Crippen MR) is 101 cm³/mol. The predicted octanol–water partition coefficient (Wildman–Crippen LogP) is 2.77. The van der Waals surface area contributed by atoms with Gasteiger partial charge in [0.25, 0.3) is 5.91 Å². The van der Waals surface area contributed by atoms with Gasteiger partial charge >= 0.3 is 0 Å². The Labute approximate surface area is 163 Å². The van der Waals surface area contributed by atoms with E-state index in [9.17, 15) is 13.2 Å². The number of nitrogens with zero attached hydrogens (tertiary/aromatic N) is 1. The molecule has 9 heteroatoms. The average Bonchev–Trinajstić information content (AvgIpc) is 3.21. The number of rotatable bonds is 6. The molecule has 1 saturated heterocycles. The van der Waals surface area contributed by atoms with Crippen molar-refractivity contribution in [3.8, 4) is 5.75 Å².